The Bertz CT molecular complexity index is 1030. The van der Waals surface area contributed by atoms with Gasteiger partial charge in [0.1, 0.15) is 5.69 Å². The van der Waals surface area contributed by atoms with E-state index in [-0.39, 0.29) is 23.3 Å². The van der Waals surface area contributed by atoms with Gasteiger partial charge in [-0.05, 0) is 43.9 Å². The van der Waals surface area contributed by atoms with Crippen molar-refractivity contribution in [3.8, 4) is 0 Å². The third kappa shape index (κ3) is 7.11. The van der Waals surface area contributed by atoms with E-state index < -0.39 is 17.6 Å². The van der Waals surface area contributed by atoms with Gasteiger partial charge in [-0.15, -0.1) is 11.3 Å². The van der Waals surface area contributed by atoms with Gasteiger partial charge in [0.2, 0.25) is 0 Å². The molecule has 1 aromatic heterocycles. The number of thiazole rings is 1. The van der Waals surface area contributed by atoms with Crippen molar-refractivity contribution >= 4 is 34.6 Å². The summed E-state index contributed by atoms with van der Waals surface area (Å²) in [5, 5.41) is 8.02. The molecule has 1 aliphatic rings. The fourth-order valence-electron chi connectivity index (χ4n) is 4.18. The van der Waals surface area contributed by atoms with Crippen LogP contribution < -0.4 is 15.5 Å². The average molecular weight is 526 g/mol. The van der Waals surface area contributed by atoms with E-state index in [9.17, 15) is 22.8 Å². The number of anilines is 2. The first kappa shape index (κ1) is 27.8. The molecule has 2 heterocycles. The second kappa shape index (κ2) is 12.4. The van der Waals surface area contributed by atoms with Crippen molar-refractivity contribution < 1.29 is 22.8 Å². The lowest BCUT2D eigenvalue weighted by Crippen LogP contribution is -2.44. The van der Waals surface area contributed by atoms with Crippen LogP contribution in [0.4, 0.5) is 29.3 Å². The van der Waals surface area contributed by atoms with Gasteiger partial charge in [-0.3, -0.25) is 4.79 Å². The molecular formula is C25H34F3N5O2S. The van der Waals surface area contributed by atoms with E-state index in [1.54, 1.807) is 17.3 Å². The number of amides is 3. The van der Waals surface area contributed by atoms with Gasteiger partial charge in [0, 0.05) is 44.5 Å². The minimum atomic E-state index is -4.52. The lowest BCUT2D eigenvalue weighted by molar-refractivity contribution is -0.137. The van der Waals surface area contributed by atoms with Gasteiger partial charge >= 0.3 is 12.2 Å². The molecule has 36 heavy (non-hydrogen) atoms. The van der Waals surface area contributed by atoms with Crippen LogP contribution in [-0.4, -0.2) is 55.0 Å². The SMILES string of the molecule is CCCCNC(=O)N1CCC(c2nc(C(=O)Nc3cc(C(F)(F)F)ccc3N(C)CCC)cs2)CC1. The molecule has 0 atom stereocenters. The fourth-order valence-corrected chi connectivity index (χ4v) is 5.15. The predicted octanol–water partition coefficient (Wildman–Crippen LogP) is 5.95. The molecule has 1 aliphatic heterocycles. The summed E-state index contributed by atoms with van der Waals surface area (Å²) in [5.41, 5.74) is -0.0342. The van der Waals surface area contributed by atoms with Crippen molar-refractivity contribution in [3.63, 3.8) is 0 Å². The second-order valence-electron chi connectivity index (χ2n) is 9.02. The summed E-state index contributed by atoms with van der Waals surface area (Å²) in [6, 6.07) is 3.32. The van der Waals surface area contributed by atoms with Crippen molar-refractivity contribution in [2.75, 3.05) is 43.4 Å². The predicted molar refractivity (Wildman–Crippen MR) is 137 cm³/mol. The van der Waals surface area contributed by atoms with Crippen LogP contribution >= 0.6 is 11.3 Å². The van der Waals surface area contributed by atoms with Gasteiger partial charge < -0.3 is 20.4 Å². The highest BCUT2D eigenvalue weighted by atomic mass is 32.1. The standard InChI is InChI=1S/C25H34F3N5O2S/c1-4-6-11-29-24(35)33-13-9-17(10-14-33)23-31-20(16-36-23)22(34)30-19-15-18(25(26,27)28)7-8-21(19)32(3)12-5-2/h7-8,15-17H,4-6,9-14H2,1-3H3,(H,29,35)(H,30,34). The molecule has 0 saturated carbocycles. The minimum Gasteiger partial charge on any atom is -0.373 e. The molecule has 3 rings (SSSR count). The Balaban J connectivity index is 1.67. The first-order valence-corrected chi connectivity index (χ1v) is 13.2. The molecule has 2 aromatic rings. The quantitative estimate of drug-likeness (QED) is 0.397. The van der Waals surface area contributed by atoms with Crippen molar-refractivity contribution in [1.29, 1.82) is 0 Å². The van der Waals surface area contributed by atoms with E-state index in [2.05, 4.69) is 22.5 Å². The molecule has 2 N–H and O–H groups in total. The van der Waals surface area contributed by atoms with Gasteiger partial charge in [0.05, 0.1) is 21.9 Å². The van der Waals surface area contributed by atoms with Crippen molar-refractivity contribution in [2.45, 2.75) is 58.0 Å². The van der Waals surface area contributed by atoms with Gasteiger partial charge in [-0.25, -0.2) is 9.78 Å². The zero-order valence-corrected chi connectivity index (χ0v) is 21.8. The molecule has 1 fully saturated rings. The summed E-state index contributed by atoms with van der Waals surface area (Å²) in [7, 11) is 1.78. The monoisotopic (exact) mass is 525 g/mol. The molecular weight excluding hydrogens is 491 g/mol. The zero-order valence-electron chi connectivity index (χ0n) is 21.0. The molecule has 3 amide bonds. The topological polar surface area (TPSA) is 77.6 Å². The number of carbonyl (C=O) groups excluding carboxylic acids is 2. The number of nitrogens with one attached hydrogen (secondary N) is 2. The third-order valence-corrected chi connectivity index (χ3v) is 7.24. The molecule has 198 valence electrons. The molecule has 1 aromatic carbocycles. The number of urea groups is 1. The van der Waals surface area contributed by atoms with Crippen molar-refractivity contribution in [1.82, 2.24) is 15.2 Å². The van der Waals surface area contributed by atoms with E-state index >= 15 is 0 Å². The highest BCUT2D eigenvalue weighted by Crippen LogP contribution is 2.36. The molecule has 7 nitrogen and oxygen atoms in total. The minimum absolute atomic E-state index is 0.0500. The van der Waals surface area contributed by atoms with Gasteiger partial charge in [-0.2, -0.15) is 13.2 Å². The summed E-state index contributed by atoms with van der Waals surface area (Å²) in [6.45, 7) is 6.57. The van der Waals surface area contributed by atoms with Crippen molar-refractivity contribution in [2.24, 2.45) is 0 Å². The molecule has 0 radical (unpaired) electrons. The maximum Gasteiger partial charge on any atom is 0.416 e. The first-order valence-electron chi connectivity index (χ1n) is 12.4. The Kier molecular flexibility index (Phi) is 9.58. The van der Waals surface area contributed by atoms with Gasteiger partial charge in [-0.1, -0.05) is 20.3 Å². The summed E-state index contributed by atoms with van der Waals surface area (Å²) in [6.07, 6.45) is -0.253. The zero-order chi connectivity index (χ0) is 26.3. The molecule has 0 aliphatic carbocycles. The van der Waals surface area contributed by atoms with Gasteiger partial charge in [0.25, 0.3) is 5.91 Å². The van der Waals surface area contributed by atoms with E-state index in [1.807, 2.05) is 11.8 Å². The fraction of sp³-hybridized carbons (Fsp3) is 0.560. The Labute approximate surface area is 214 Å². The number of likely N-dealkylation sites (tertiary alicyclic amines) is 1. The van der Waals surface area contributed by atoms with E-state index in [4.69, 9.17) is 0 Å². The highest BCUT2D eigenvalue weighted by Gasteiger charge is 2.32. The molecule has 0 bridgehead atoms. The number of halogens is 3. The van der Waals surface area contributed by atoms with Gasteiger partial charge in [0.15, 0.2) is 0 Å². The lowest BCUT2D eigenvalue weighted by Gasteiger charge is -2.31. The Morgan fingerprint density at radius 2 is 1.92 bits per heavy atom. The number of aromatic nitrogens is 1. The average Bonchev–Trinajstić information content (AvgIpc) is 3.34. The van der Waals surface area contributed by atoms with Crippen LogP contribution in [0.1, 0.15) is 72.9 Å². The molecule has 0 unspecified atom stereocenters. The summed E-state index contributed by atoms with van der Waals surface area (Å²) in [4.78, 5) is 33.3. The number of alkyl halides is 3. The van der Waals surface area contributed by atoms with Crippen LogP contribution in [0.15, 0.2) is 23.6 Å². The summed E-state index contributed by atoms with van der Waals surface area (Å²) >= 11 is 1.37. The largest absolute Gasteiger partial charge is 0.416 e. The summed E-state index contributed by atoms with van der Waals surface area (Å²) in [5.74, 6) is -0.410. The second-order valence-corrected chi connectivity index (χ2v) is 9.91. The highest BCUT2D eigenvalue weighted by molar-refractivity contribution is 7.10. The number of carbonyl (C=O) groups is 2. The van der Waals surface area contributed by atoms with E-state index in [1.165, 1.54) is 17.4 Å². The number of hydrogen-bond donors (Lipinski definition) is 2. The van der Waals surface area contributed by atoms with Crippen LogP contribution in [0.3, 0.4) is 0 Å². The van der Waals surface area contributed by atoms with E-state index in [0.29, 0.717) is 31.9 Å². The number of benzene rings is 1. The Morgan fingerprint density at radius 3 is 2.56 bits per heavy atom. The number of nitrogens with zero attached hydrogens (tertiary/aromatic N) is 3. The van der Waals surface area contributed by atoms with Crippen molar-refractivity contribution in [3.05, 3.63) is 39.8 Å². The third-order valence-electron chi connectivity index (χ3n) is 6.23. The van der Waals surface area contributed by atoms with Crippen LogP contribution in [0, 0.1) is 0 Å². The number of piperidine rings is 1. The van der Waals surface area contributed by atoms with Crippen LogP contribution in [0.5, 0.6) is 0 Å². The number of unbranched alkanes of at least 4 members (excludes halogenated alkanes) is 1. The Hall–Kier alpha value is -2.82. The normalized spacial score (nSPS) is 14.6. The maximum absolute atomic E-state index is 13.3. The van der Waals surface area contributed by atoms with Crippen LogP contribution in [-0.2, 0) is 6.18 Å². The number of hydrogen-bond acceptors (Lipinski definition) is 5. The molecule has 1 saturated heterocycles. The smallest absolute Gasteiger partial charge is 0.373 e. The molecule has 11 heteroatoms. The van der Waals surface area contributed by atoms with Crippen LogP contribution in [0.2, 0.25) is 0 Å². The Morgan fingerprint density at radius 1 is 1.19 bits per heavy atom. The lowest BCUT2D eigenvalue weighted by atomic mass is 9.98. The number of rotatable bonds is 9. The molecule has 0 spiro atoms. The summed E-state index contributed by atoms with van der Waals surface area (Å²) < 4.78 is 39.9. The maximum atomic E-state index is 13.3. The van der Waals surface area contributed by atoms with Crippen LogP contribution in [0.25, 0.3) is 0 Å². The first-order chi connectivity index (χ1) is 17.1. The van der Waals surface area contributed by atoms with E-state index in [0.717, 1.165) is 49.2 Å².